The van der Waals surface area contributed by atoms with Crippen LogP contribution >= 0.6 is 0 Å². The maximum Gasteiger partial charge on any atom is 0.309 e. The van der Waals surface area contributed by atoms with Crippen molar-refractivity contribution < 1.29 is 19.4 Å². The van der Waals surface area contributed by atoms with E-state index in [1.807, 2.05) is 25.7 Å². The van der Waals surface area contributed by atoms with Crippen molar-refractivity contribution in [2.24, 2.45) is 11.8 Å². The average Bonchev–Trinajstić information content (AvgIpc) is 2.46. The molecule has 2 aliphatic rings. The molecule has 0 atom stereocenters. The van der Waals surface area contributed by atoms with Crippen LogP contribution in [0.1, 0.15) is 59.3 Å². The summed E-state index contributed by atoms with van der Waals surface area (Å²) in [6, 6.07) is 0. The van der Waals surface area contributed by atoms with Gasteiger partial charge in [0, 0.05) is 19.0 Å². The highest BCUT2D eigenvalue weighted by Gasteiger charge is 2.34. The Balaban J connectivity index is 1.79. The van der Waals surface area contributed by atoms with Crippen LogP contribution in [-0.4, -0.2) is 46.7 Å². The summed E-state index contributed by atoms with van der Waals surface area (Å²) in [5.74, 6) is 0.0351. The van der Waals surface area contributed by atoms with Crippen LogP contribution in [0.5, 0.6) is 0 Å². The number of esters is 1. The van der Waals surface area contributed by atoms with Crippen molar-refractivity contribution in [1.82, 2.24) is 4.90 Å². The number of ether oxygens (including phenoxy) is 1. The first-order chi connectivity index (χ1) is 10.3. The van der Waals surface area contributed by atoms with Gasteiger partial charge in [0.2, 0.25) is 5.91 Å². The molecule has 1 N–H and O–H groups in total. The Labute approximate surface area is 133 Å². The van der Waals surface area contributed by atoms with Crippen molar-refractivity contribution in [3.05, 3.63) is 0 Å². The molecule has 5 heteroatoms. The second-order valence-electron chi connectivity index (χ2n) is 7.64. The molecule has 0 aromatic rings. The number of carbonyl (C=O) groups is 2. The van der Waals surface area contributed by atoms with E-state index >= 15 is 0 Å². The lowest BCUT2D eigenvalue weighted by atomic mass is 9.85. The summed E-state index contributed by atoms with van der Waals surface area (Å²) in [6.45, 7) is 6.91. The Morgan fingerprint density at radius 1 is 0.955 bits per heavy atom. The van der Waals surface area contributed by atoms with Gasteiger partial charge in [-0.3, -0.25) is 9.59 Å². The molecule has 2 fully saturated rings. The molecule has 1 amide bonds. The van der Waals surface area contributed by atoms with Crippen molar-refractivity contribution in [1.29, 1.82) is 0 Å². The van der Waals surface area contributed by atoms with Gasteiger partial charge in [0.25, 0.3) is 0 Å². The van der Waals surface area contributed by atoms with Gasteiger partial charge in [-0.15, -0.1) is 0 Å². The molecule has 2 rings (SSSR count). The van der Waals surface area contributed by atoms with Crippen molar-refractivity contribution in [2.75, 3.05) is 13.1 Å². The molecule has 1 aliphatic carbocycles. The summed E-state index contributed by atoms with van der Waals surface area (Å²) in [7, 11) is 0. The van der Waals surface area contributed by atoms with Gasteiger partial charge >= 0.3 is 5.97 Å². The number of rotatable bonds is 2. The normalized spacial score (nSPS) is 27.5. The molecule has 22 heavy (non-hydrogen) atoms. The van der Waals surface area contributed by atoms with E-state index < -0.39 is 5.60 Å². The molecule has 0 unspecified atom stereocenters. The fraction of sp³-hybridized carbons (Fsp3) is 0.882. The lowest BCUT2D eigenvalue weighted by molar-refractivity contribution is -0.162. The average molecular weight is 311 g/mol. The predicted molar refractivity (Wildman–Crippen MR) is 83.1 cm³/mol. The third-order valence-corrected chi connectivity index (χ3v) is 4.59. The maximum absolute atomic E-state index is 12.5. The summed E-state index contributed by atoms with van der Waals surface area (Å²) in [6.07, 6.45) is 4.17. The number of hydrogen-bond acceptors (Lipinski definition) is 4. The molecule has 0 aromatic heterocycles. The Hall–Kier alpha value is -1.10. The molecule has 0 bridgehead atoms. The largest absolute Gasteiger partial charge is 0.460 e. The minimum Gasteiger partial charge on any atom is -0.460 e. The molecule has 5 nitrogen and oxygen atoms in total. The van der Waals surface area contributed by atoms with E-state index in [2.05, 4.69) is 0 Å². The van der Waals surface area contributed by atoms with Crippen LogP contribution in [0, 0.1) is 11.8 Å². The number of piperidine rings is 1. The molecular formula is C17H29NO4. The van der Waals surface area contributed by atoms with Crippen molar-refractivity contribution >= 4 is 11.9 Å². The maximum atomic E-state index is 12.5. The van der Waals surface area contributed by atoms with E-state index in [9.17, 15) is 14.7 Å². The van der Waals surface area contributed by atoms with E-state index in [1.54, 1.807) is 0 Å². The van der Waals surface area contributed by atoms with Crippen molar-refractivity contribution in [3.63, 3.8) is 0 Å². The van der Waals surface area contributed by atoms with Gasteiger partial charge in [-0.25, -0.2) is 0 Å². The highest BCUT2D eigenvalue weighted by molar-refractivity contribution is 5.79. The zero-order valence-electron chi connectivity index (χ0n) is 14.0. The summed E-state index contributed by atoms with van der Waals surface area (Å²) in [5, 5.41) is 9.53. The highest BCUT2D eigenvalue weighted by atomic mass is 16.6. The van der Waals surface area contributed by atoms with E-state index in [4.69, 9.17) is 4.74 Å². The topological polar surface area (TPSA) is 66.8 Å². The van der Waals surface area contributed by atoms with E-state index in [0.29, 0.717) is 25.9 Å². The van der Waals surface area contributed by atoms with Gasteiger partial charge in [-0.2, -0.15) is 0 Å². The first-order valence-electron chi connectivity index (χ1n) is 8.46. The zero-order valence-corrected chi connectivity index (χ0v) is 14.0. The van der Waals surface area contributed by atoms with E-state index in [0.717, 1.165) is 25.7 Å². The molecule has 126 valence electrons. The van der Waals surface area contributed by atoms with Gasteiger partial charge in [-0.05, 0) is 59.3 Å². The highest BCUT2D eigenvalue weighted by Crippen LogP contribution is 2.28. The van der Waals surface area contributed by atoms with Crippen LogP contribution in [0.4, 0.5) is 0 Å². The summed E-state index contributed by atoms with van der Waals surface area (Å²) >= 11 is 0. The number of hydrogen-bond donors (Lipinski definition) is 1. The Bertz CT molecular complexity index is 399. The van der Waals surface area contributed by atoms with Crippen molar-refractivity contribution in [2.45, 2.75) is 71.0 Å². The smallest absolute Gasteiger partial charge is 0.309 e. The second kappa shape index (κ2) is 6.99. The minimum absolute atomic E-state index is 0.0569. The standard InChI is InChI=1S/C17H29NO4/c1-17(2,3)22-16(21)13-8-10-18(11-9-13)15(20)12-4-6-14(19)7-5-12/h12-14,19H,4-11H2,1-3H3. The molecule has 0 spiro atoms. The van der Waals surface area contributed by atoms with Crippen LogP contribution in [-0.2, 0) is 14.3 Å². The van der Waals surface area contributed by atoms with Crippen molar-refractivity contribution in [3.8, 4) is 0 Å². The lowest BCUT2D eigenvalue weighted by Crippen LogP contribution is -2.44. The van der Waals surface area contributed by atoms with Gasteiger partial charge in [0.15, 0.2) is 0 Å². The van der Waals surface area contributed by atoms with Crippen LogP contribution in [0.2, 0.25) is 0 Å². The Morgan fingerprint density at radius 2 is 1.50 bits per heavy atom. The summed E-state index contributed by atoms with van der Waals surface area (Å²) in [4.78, 5) is 26.5. The number of aliphatic hydroxyl groups is 1. The van der Waals surface area contributed by atoms with Crippen LogP contribution in [0.25, 0.3) is 0 Å². The van der Waals surface area contributed by atoms with Crippen LogP contribution < -0.4 is 0 Å². The van der Waals surface area contributed by atoms with Gasteiger partial charge in [0.1, 0.15) is 5.60 Å². The fourth-order valence-electron chi connectivity index (χ4n) is 3.30. The molecule has 1 aliphatic heterocycles. The van der Waals surface area contributed by atoms with Gasteiger partial charge < -0.3 is 14.7 Å². The Kier molecular flexibility index (Phi) is 5.48. The quantitative estimate of drug-likeness (QED) is 0.793. The third-order valence-electron chi connectivity index (χ3n) is 4.59. The first-order valence-corrected chi connectivity index (χ1v) is 8.46. The van der Waals surface area contributed by atoms with E-state index in [-0.39, 0.29) is 29.8 Å². The summed E-state index contributed by atoms with van der Waals surface area (Å²) < 4.78 is 5.43. The van der Waals surface area contributed by atoms with Gasteiger partial charge in [0.05, 0.1) is 12.0 Å². The molecule has 1 saturated heterocycles. The SMILES string of the molecule is CC(C)(C)OC(=O)C1CCN(C(=O)C2CCC(O)CC2)CC1. The molecule has 1 saturated carbocycles. The van der Waals surface area contributed by atoms with Gasteiger partial charge in [-0.1, -0.05) is 0 Å². The number of amides is 1. The van der Waals surface area contributed by atoms with Crippen LogP contribution in [0.15, 0.2) is 0 Å². The number of likely N-dealkylation sites (tertiary alicyclic amines) is 1. The summed E-state index contributed by atoms with van der Waals surface area (Å²) in [5.41, 5.74) is -0.451. The molecule has 0 aromatic carbocycles. The lowest BCUT2D eigenvalue weighted by Gasteiger charge is -2.35. The van der Waals surface area contributed by atoms with Crippen LogP contribution in [0.3, 0.4) is 0 Å². The predicted octanol–water partition coefficient (Wildman–Crippen LogP) is 2.12. The molecule has 0 radical (unpaired) electrons. The van der Waals surface area contributed by atoms with E-state index in [1.165, 1.54) is 0 Å². The number of carbonyl (C=O) groups excluding carboxylic acids is 2. The minimum atomic E-state index is -0.451. The molecule has 1 heterocycles. The molecular weight excluding hydrogens is 282 g/mol. The monoisotopic (exact) mass is 311 g/mol. The number of aliphatic hydroxyl groups excluding tert-OH is 1. The first kappa shape index (κ1) is 17.3. The zero-order chi connectivity index (χ0) is 16.3. The second-order valence-corrected chi connectivity index (χ2v) is 7.64. The fourth-order valence-corrected chi connectivity index (χ4v) is 3.30. The third kappa shape index (κ3) is 4.70. The Morgan fingerprint density at radius 3 is 2.00 bits per heavy atom. The number of nitrogens with zero attached hydrogens (tertiary/aromatic N) is 1.